The second-order valence-corrected chi connectivity index (χ2v) is 5.96. The third-order valence-corrected chi connectivity index (χ3v) is 3.64. The Kier molecular flexibility index (Phi) is 5.00. The molecule has 0 atom stereocenters. The lowest BCUT2D eigenvalue weighted by Gasteiger charge is -2.09. The highest BCUT2D eigenvalue weighted by atomic mass is 32.2. The van der Waals surface area contributed by atoms with Gasteiger partial charge in [-0.25, -0.2) is 19.9 Å². The van der Waals surface area contributed by atoms with Gasteiger partial charge in [0.05, 0.1) is 0 Å². The molecule has 0 radical (unpaired) electrons. The number of aryl methyl sites for hydroxylation is 1. The van der Waals surface area contributed by atoms with Crippen LogP contribution < -0.4 is 11.0 Å². The van der Waals surface area contributed by atoms with Crippen molar-refractivity contribution in [1.29, 1.82) is 0 Å². The Hall–Kier alpha value is -1.83. The summed E-state index contributed by atoms with van der Waals surface area (Å²) in [6.45, 7) is 8.72. The van der Waals surface area contributed by atoms with Gasteiger partial charge in [0.1, 0.15) is 5.03 Å². The second kappa shape index (κ2) is 6.75. The highest BCUT2D eigenvalue weighted by molar-refractivity contribution is 7.99. The van der Waals surface area contributed by atoms with E-state index in [1.807, 2.05) is 26.8 Å². The molecule has 21 heavy (non-hydrogen) atoms. The molecule has 0 aliphatic heterocycles. The molecule has 0 spiro atoms. The Morgan fingerprint density at radius 3 is 2.86 bits per heavy atom. The van der Waals surface area contributed by atoms with Crippen molar-refractivity contribution in [2.24, 2.45) is 0 Å². The van der Waals surface area contributed by atoms with Crippen molar-refractivity contribution in [2.75, 3.05) is 11.9 Å². The van der Waals surface area contributed by atoms with Crippen LogP contribution in [0.3, 0.4) is 0 Å². The van der Waals surface area contributed by atoms with Crippen molar-refractivity contribution in [2.45, 2.75) is 50.3 Å². The summed E-state index contributed by atoms with van der Waals surface area (Å²) in [6.07, 6.45) is 1.01. The van der Waals surface area contributed by atoms with E-state index in [0.717, 1.165) is 23.7 Å². The van der Waals surface area contributed by atoms with Gasteiger partial charge in [0.15, 0.2) is 5.16 Å². The summed E-state index contributed by atoms with van der Waals surface area (Å²) in [7, 11) is 0. The van der Waals surface area contributed by atoms with E-state index in [1.54, 1.807) is 4.57 Å². The third-order valence-electron chi connectivity index (χ3n) is 2.75. The first-order chi connectivity index (χ1) is 10.0. The standard InChI is InChI=1S/C13H20N6OS/c1-5-6-14-11-15-9(4)7-10(16-11)21-13-18-17-12(20)19(13)8(2)3/h7-8H,5-6H2,1-4H3,(H,17,20)(H,14,15,16). The number of H-pyrrole nitrogens is 1. The highest BCUT2D eigenvalue weighted by Gasteiger charge is 2.14. The van der Waals surface area contributed by atoms with E-state index in [1.165, 1.54) is 11.8 Å². The summed E-state index contributed by atoms with van der Waals surface area (Å²) in [4.78, 5) is 20.5. The minimum absolute atomic E-state index is 0.0411. The third kappa shape index (κ3) is 3.84. The Morgan fingerprint density at radius 1 is 1.43 bits per heavy atom. The van der Waals surface area contributed by atoms with E-state index < -0.39 is 0 Å². The molecule has 2 aromatic rings. The Labute approximate surface area is 127 Å². The molecule has 0 bridgehead atoms. The van der Waals surface area contributed by atoms with Gasteiger partial charge in [0, 0.05) is 18.3 Å². The van der Waals surface area contributed by atoms with Crippen molar-refractivity contribution in [3.05, 3.63) is 22.2 Å². The van der Waals surface area contributed by atoms with Gasteiger partial charge in [-0.2, -0.15) is 0 Å². The topological polar surface area (TPSA) is 88.5 Å². The van der Waals surface area contributed by atoms with E-state index in [0.29, 0.717) is 11.1 Å². The second-order valence-electron chi connectivity index (χ2n) is 4.98. The molecule has 0 fully saturated rings. The predicted molar refractivity (Wildman–Crippen MR) is 82.9 cm³/mol. The van der Waals surface area contributed by atoms with Gasteiger partial charge in [-0.15, -0.1) is 5.10 Å². The molecule has 2 heterocycles. The van der Waals surface area contributed by atoms with Crippen LogP contribution in [0.2, 0.25) is 0 Å². The molecule has 7 nitrogen and oxygen atoms in total. The molecular weight excluding hydrogens is 288 g/mol. The van der Waals surface area contributed by atoms with Gasteiger partial charge in [-0.3, -0.25) is 4.57 Å². The van der Waals surface area contributed by atoms with Crippen LogP contribution in [-0.4, -0.2) is 31.3 Å². The lowest BCUT2D eigenvalue weighted by Crippen LogP contribution is -2.19. The summed E-state index contributed by atoms with van der Waals surface area (Å²) in [6, 6.07) is 1.92. The van der Waals surface area contributed by atoms with Crippen molar-refractivity contribution in [3.63, 3.8) is 0 Å². The Morgan fingerprint density at radius 2 is 2.19 bits per heavy atom. The fraction of sp³-hybridized carbons (Fsp3) is 0.538. The predicted octanol–water partition coefficient (Wildman–Crippen LogP) is 2.22. The molecule has 2 rings (SSSR count). The summed E-state index contributed by atoms with van der Waals surface area (Å²) in [5.41, 5.74) is 0.669. The lowest BCUT2D eigenvalue weighted by molar-refractivity contribution is 0.534. The minimum Gasteiger partial charge on any atom is -0.354 e. The number of aromatic amines is 1. The SMILES string of the molecule is CCCNc1nc(C)cc(Sc2n[nH]c(=O)n2C(C)C)n1. The van der Waals surface area contributed by atoms with Gasteiger partial charge in [-0.05, 0) is 45.0 Å². The van der Waals surface area contributed by atoms with E-state index in [4.69, 9.17) is 0 Å². The maximum atomic E-state index is 11.7. The fourth-order valence-electron chi connectivity index (χ4n) is 1.82. The zero-order valence-electron chi connectivity index (χ0n) is 12.7. The molecule has 0 aromatic carbocycles. The molecule has 0 amide bonds. The fourth-order valence-corrected chi connectivity index (χ4v) is 2.85. The summed E-state index contributed by atoms with van der Waals surface area (Å²) in [5.74, 6) is 0.605. The van der Waals surface area contributed by atoms with Gasteiger partial charge in [0.25, 0.3) is 0 Å². The maximum Gasteiger partial charge on any atom is 0.344 e. The van der Waals surface area contributed by atoms with Crippen LogP contribution in [0.25, 0.3) is 0 Å². The van der Waals surface area contributed by atoms with Crippen LogP contribution in [0.4, 0.5) is 5.95 Å². The molecule has 0 aliphatic rings. The van der Waals surface area contributed by atoms with Crippen LogP contribution >= 0.6 is 11.8 Å². The van der Waals surface area contributed by atoms with E-state index in [2.05, 4.69) is 32.4 Å². The van der Waals surface area contributed by atoms with E-state index in [9.17, 15) is 4.79 Å². The van der Waals surface area contributed by atoms with Gasteiger partial charge in [-0.1, -0.05) is 6.92 Å². The minimum atomic E-state index is -0.206. The van der Waals surface area contributed by atoms with Crippen molar-refractivity contribution < 1.29 is 0 Å². The number of rotatable bonds is 6. The number of aromatic nitrogens is 5. The van der Waals surface area contributed by atoms with Crippen LogP contribution in [0.5, 0.6) is 0 Å². The van der Waals surface area contributed by atoms with Gasteiger partial charge >= 0.3 is 5.69 Å². The highest BCUT2D eigenvalue weighted by Crippen LogP contribution is 2.26. The first-order valence-electron chi connectivity index (χ1n) is 6.95. The molecule has 2 aromatic heterocycles. The maximum absolute atomic E-state index is 11.7. The molecule has 0 saturated carbocycles. The zero-order valence-corrected chi connectivity index (χ0v) is 13.5. The number of nitrogens with one attached hydrogen (secondary N) is 2. The van der Waals surface area contributed by atoms with Crippen molar-refractivity contribution in [1.82, 2.24) is 24.7 Å². The Balaban J connectivity index is 2.27. The lowest BCUT2D eigenvalue weighted by atomic mass is 10.4. The van der Waals surface area contributed by atoms with Gasteiger partial charge in [0.2, 0.25) is 5.95 Å². The van der Waals surface area contributed by atoms with E-state index in [-0.39, 0.29) is 11.7 Å². The van der Waals surface area contributed by atoms with Crippen LogP contribution in [-0.2, 0) is 0 Å². The summed E-state index contributed by atoms with van der Waals surface area (Å²) >= 11 is 1.35. The van der Waals surface area contributed by atoms with Crippen LogP contribution in [0.15, 0.2) is 21.0 Å². The molecule has 2 N–H and O–H groups in total. The molecule has 8 heteroatoms. The molecule has 0 unspecified atom stereocenters. The molecule has 114 valence electrons. The van der Waals surface area contributed by atoms with Crippen LogP contribution in [0, 0.1) is 6.92 Å². The first-order valence-corrected chi connectivity index (χ1v) is 7.77. The average molecular weight is 308 g/mol. The zero-order chi connectivity index (χ0) is 15.4. The normalized spacial score (nSPS) is 11.1. The molecular formula is C13H20N6OS. The summed E-state index contributed by atoms with van der Waals surface area (Å²) < 4.78 is 1.61. The Bertz CT molecular complexity index is 663. The smallest absolute Gasteiger partial charge is 0.344 e. The van der Waals surface area contributed by atoms with Gasteiger partial charge < -0.3 is 5.32 Å². The first kappa shape index (κ1) is 15.6. The summed E-state index contributed by atoms with van der Waals surface area (Å²) in [5, 5.41) is 11.1. The van der Waals surface area contributed by atoms with E-state index >= 15 is 0 Å². The molecule has 0 saturated heterocycles. The number of hydrogen-bond donors (Lipinski definition) is 2. The average Bonchev–Trinajstić information content (AvgIpc) is 2.76. The number of anilines is 1. The molecule has 0 aliphatic carbocycles. The van der Waals surface area contributed by atoms with Crippen LogP contribution in [0.1, 0.15) is 38.9 Å². The largest absolute Gasteiger partial charge is 0.354 e. The van der Waals surface area contributed by atoms with Crippen molar-refractivity contribution in [3.8, 4) is 0 Å². The van der Waals surface area contributed by atoms with Crippen molar-refractivity contribution >= 4 is 17.7 Å². The monoisotopic (exact) mass is 308 g/mol. The number of hydrogen-bond acceptors (Lipinski definition) is 6. The number of nitrogens with zero attached hydrogens (tertiary/aromatic N) is 4. The quantitative estimate of drug-likeness (QED) is 0.796.